The fourth-order valence-electron chi connectivity index (χ4n) is 3.58. The summed E-state index contributed by atoms with van der Waals surface area (Å²) in [5, 5.41) is 9.44. The van der Waals surface area contributed by atoms with E-state index in [1.54, 1.807) is 30.5 Å². The van der Waals surface area contributed by atoms with E-state index in [0.29, 0.717) is 12.2 Å². The molecule has 4 rings (SSSR count). The van der Waals surface area contributed by atoms with Crippen LogP contribution < -0.4 is 4.70 Å². The average molecular weight is 402 g/mol. The van der Waals surface area contributed by atoms with Gasteiger partial charge in [-0.25, -0.2) is 0 Å². The van der Waals surface area contributed by atoms with Gasteiger partial charge in [0.25, 0.3) is 5.91 Å². The molecule has 0 spiro atoms. The summed E-state index contributed by atoms with van der Waals surface area (Å²) in [6.07, 6.45) is -0.501. The second kappa shape index (κ2) is 8.22. The molecule has 1 aliphatic heterocycles. The van der Waals surface area contributed by atoms with E-state index in [9.17, 15) is 4.79 Å². The standard InChI is InChI=1S/C20H21N3O3S.FH/c1-12-6-4-7-13(10-12)19-16-17(14-8-5-9-27-14)21-22-18(16)20(24)23(19)11-15(25-2)26-3;/h4-10,15,19H,11H2,1-3H3,(H,21,22);1H/p-1. The largest absolute Gasteiger partial charge is 1.00 e. The Hall–Kier alpha value is -2.55. The lowest BCUT2D eigenvalue weighted by Crippen LogP contribution is -3.00. The van der Waals surface area contributed by atoms with E-state index in [4.69, 9.17) is 9.47 Å². The third-order valence-corrected chi connectivity index (χ3v) is 5.74. The van der Waals surface area contributed by atoms with Crippen LogP contribution in [0.1, 0.15) is 33.2 Å². The van der Waals surface area contributed by atoms with Gasteiger partial charge in [-0.15, -0.1) is 11.3 Å². The smallest absolute Gasteiger partial charge is 0.275 e. The number of amides is 1. The number of fused-ring (bicyclic) bond motifs is 1. The van der Waals surface area contributed by atoms with Crippen LogP contribution in [0.5, 0.6) is 0 Å². The molecule has 3 heterocycles. The van der Waals surface area contributed by atoms with Crippen LogP contribution in [0, 0.1) is 6.92 Å². The van der Waals surface area contributed by atoms with Crippen molar-refractivity contribution in [2.45, 2.75) is 19.3 Å². The van der Waals surface area contributed by atoms with Crippen LogP contribution in [-0.2, 0) is 9.47 Å². The highest BCUT2D eigenvalue weighted by Crippen LogP contribution is 2.43. The number of hydrogen-bond acceptors (Lipinski definition) is 5. The highest BCUT2D eigenvalue weighted by molar-refractivity contribution is 7.13. The molecule has 8 heteroatoms. The number of hydrogen-bond donors (Lipinski definition) is 1. The summed E-state index contributed by atoms with van der Waals surface area (Å²) in [5.41, 5.74) is 4.47. The third kappa shape index (κ3) is 3.34. The Morgan fingerprint density at radius 2 is 2.04 bits per heavy atom. The van der Waals surface area contributed by atoms with Gasteiger partial charge in [0.1, 0.15) is 0 Å². The first-order valence-electron chi connectivity index (χ1n) is 8.69. The maximum atomic E-state index is 13.2. The third-order valence-electron chi connectivity index (χ3n) is 4.85. The minimum atomic E-state index is -0.501. The van der Waals surface area contributed by atoms with Gasteiger partial charge in [-0.1, -0.05) is 35.9 Å². The average Bonchev–Trinajstić information content (AvgIpc) is 3.38. The van der Waals surface area contributed by atoms with E-state index < -0.39 is 6.29 Å². The number of halogens is 1. The molecule has 1 unspecified atom stereocenters. The van der Waals surface area contributed by atoms with Crippen LogP contribution in [0.15, 0.2) is 41.8 Å². The molecule has 0 bridgehead atoms. The van der Waals surface area contributed by atoms with Crippen LogP contribution in [0.3, 0.4) is 0 Å². The summed E-state index contributed by atoms with van der Waals surface area (Å²) in [7, 11) is 3.15. The van der Waals surface area contributed by atoms with Gasteiger partial charge in [0.2, 0.25) is 0 Å². The lowest BCUT2D eigenvalue weighted by Gasteiger charge is -2.29. The molecule has 148 valence electrons. The second-order valence-electron chi connectivity index (χ2n) is 6.51. The number of benzene rings is 1. The molecule has 1 aromatic carbocycles. The Labute approximate surface area is 166 Å². The summed E-state index contributed by atoms with van der Waals surface area (Å²) in [6, 6.07) is 12.0. The maximum absolute atomic E-state index is 13.2. The van der Waals surface area contributed by atoms with Gasteiger partial charge < -0.3 is 19.1 Å². The summed E-state index contributed by atoms with van der Waals surface area (Å²) >= 11 is 1.62. The quantitative estimate of drug-likeness (QED) is 0.614. The number of ether oxygens (including phenoxy) is 2. The van der Waals surface area contributed by atoms with Crippen molar-refractivity contribution < 1.29 is 19.0 Å². The highest BCUT2D eigenvalue weighted by Gasteiger charge is 2.43. The molecule has 3 aromatic rings. The van der Waals surface area contributed by atoms with E-state index in [0.717, 1.165) is 27.3 Å². The Morgan fingerprint density at radius 3 is 2.68 bits per heavy atom. The summed E-state index contributed by atoms with van der Waals surface area (Å²) < 4.78 is 10.7. The second-order valence-corrected chi connectivity index (χ2v) is 7.46. The summed E-state index contributed by atoms with van der Waals surface area (Å²) in [6.45, 7) is 2.37. The molecule has 0 aliphatic carbocycles. The number of thiophene rings is 1. The van der Waals surface area contributed by atoms with E-state index in [2.05, 4.69) is 16.3 Å². The van der Waals surface area contributed by atoms with Gasteiger partial charge in [0.05, 0.1) is 23.2 Å². The number of H-pyrrole nitrogens is 1. The molecule has 1 aliphatic rings. The number of nitrogens with one attached hydrogen (secondary N) is 1. The molecule has 28 heavy (non-hydrogen) atoms. The topological polar surface area (TPSA) is 67.5 Å². The minimum Gasteiger partial charge on any atom is -1.00 e. The Morgan fingerprint density at radius 1 is 1.25 bits per heavy atom. The Kier molecular flexibility index (Phi) is 5.93. The van der Waals surface area contributed by atoms with Crippen molar-refractivity contribution in [1.82, 2.24) is 15.1 Å². The van der Waals surface area contributed by atoms with E-state index >= 15 is 0 Å². The zero-order chi connectivity index (χ0) is 19.0. The van der Waals surface area contributed by atoms with E-state index in [1.807, 2.05) is 42.6 Å². The molecule has 0 fully saturated rings. The summed E-state index contributed by atoms with van der Waals surface area (Å²) in [5.74, 6) is -0.116. The molecular weight excluding hydrogens is 381 g/mol. The lowest BCUT2D eigenvalue weighted by molar-refractivity contribution is -0.113. The fraction of sp³-hybridized carbons (Fsp3) is 0.300. The zero-order valence-electron chi connectivity index (χ0n) is 15.8. The molecule has 1 atom stereocenters. The molecule has 6 nitrogen and oxygen atoms in total. The normalized spacial score (nSPS) is 15.8. The molecule has 0 saturated heterocycles. The predicted molar refractivity (Wildman–Crippen MR) is 104 cm³/mol. The van der Waals surface area contributed by atoms with Crippen LogP contribution in [0.4, 0.5) is 0 Å². The van der Waals surface area contributed by atoms with Crippen molar-refractivity contribution in [2.24, 2.45) is 0 Å². The van der Waals surface area contributed by atoms with Crippen molar-refractivity contribution in [1.29, 1.82) is 0 Å². The monoisotopic (exact) mass is 402 g/mol. The summed E-state index contributed by atoms with van der Waals surface area (Å²) in [4.78, 5) is 16.0. The van der Waals surface area contributed by atoms with Gasteiger partial charge >= 0.3 is 0 Å². The molecule has 0 saturated carbocycles. The molecule has 1 amide bonds. The molecule has 0 radical (unpaired) electrons. The van der Waals surface area contributed by atoms with Crippen molar-refractivity contribution in [3.8, 4) is 10.6 Å². The van der Waals surface area contributed by atoms with Crippen molar-refractivity contribution in [3.63, 3.8) is 0 Å². The van der Waals surface area contributed by atoms with Gasteiger partial charge in [0, 0.05) is 19.8 Å². The first-order valence-corrected chi connectivity index (χ1v) is 9.57. The van der Waals surface area contributed by atoms with Crippen LogP contribution in [-0.4, -0.2) is 48.1 Å². The number of rotatable bonds is 6. The van der Waals surface area contributed by atoms with Gasteiger partial charge in [-0.2, -0.15) is 5.10 Å². The Balaban J connectivity index is 0.00000225. The van der Waals surface area contributed by atoms with Crippen molar-refractivity contribution >= 4 is 17.2 Å². The molecule has 1 N–H and O–H groups in total. The van der Waals surface area contributed by atoms with E-state index in [-0.39, 0.29) is 16.7 Å². The number of carbonyl (C=O) groups excluding carboxylic acids is 1. The van der Waals surface area contributed by atoms with Crippen LogP contribution >= 0.6 is 11.3 Å². The molecule has 2 aromatic heterocycles. The highest BCUT2D eigenvalue weighted by atomic mass is 32.1. The first-order chi connectivity index (χ1) is 13.1. The van der Waals surface area contributed by atoms with Crippen LogP contribution in [0.2, 0.25) is 0 Å². The fourth-order valence-corrected chi connectivity index (χ4v) is 4.31. The minimum absolute atomic E-state index is 0. The number of aryl methyl sites for hydroxylation is 1. The number of carbonyl (C=O) groups is 1. The number of nitrogens with zero attached hydrogens (tertiary/aromatic N) is 2. The Bertz CT molecular complexity index is 954. The van der Waals surface area contributed by atoms with Crippen molar-refractivity contribution in [2.75, 3.05) is 20.8 Å². The first kappa shape index (κ1) is 20.2. The van der Waals surface area contributed by atoms with Crippen LogP contribution in [0.25, 0.3) is 10.6 Å². The SMILES string of the molecule is COC(CN1C(=O)c2n[nH]c(-c3cccs3)c2C1c1cccc(C)c1)OC.[F-]. The van der Waals surface area contributed by atoms with Crippen molar-refractivity contribution in [3.05, 3.63) is 64.2 Å². The van der Waals surface area contributed by atoms with Gasteiger partial charge in [0.15, 0.2) is 12.0 Å². The lowest BCUT2D eigenvalue weighted by atomic mass is 9.97. The predicted octanol–water partition coefficient (Wildman–Crippen LogP) is 0.615. The van der Waals surface area contributed by atoms with Gasteiger partial charge in [-0.3, -0.25) is 9.89 Å². The number of aromatic amines is 1. The van der Waals surface area contributed by atoms with E-state index in [1.165, 1.54) is 0 Å². The number of methoxy groups -OCH3 is 2. The molecular formula is C20H21FN3O3S-. The zero-order valence-corrected chi connectivity index (χ0v) is 16.6. The van der Waals surface area contributed by atoms with Gasteiger partial charge in [-0.05, 0) is 23.9 Å². The maximum Gasteiger partial charge on any atom is 0.275 e. The number of aromatic nitrogens is 2.